The number of pyridine rings is 1. The van der Waals surface area contributed by atoms with E-state index in [4.69, 9.17) is 4.74 Å². The number of benzene rings is 1. The van der Waals surface area contributed by atoms with Gasteiger partial charge in [0.2, 0.25) is 5.91 Å². The lowest BCUT2D eigenvalue weighted by Gasteiger charge is -2.49. The molecule has 2 aromatic heterocycles. The molecule has 6 rings (SSSR count). The fraction of sp³-hybridized carbons (Fsp3) is 0.417. The molecular weight excluding hydrogens is 404 g/mol. The molecule has 32 heavy (non-hydrogen) atoms. The van der Waals surface area contributed by atoms with E-state index in [0.29, 0.717) is 18.5 Å². The number of ether oxygens (including phenoxy) is 1. The number of carbonyl (C=O) groups excluding carboxylic acids is 1. The van der Waals surface area contributed by atoms with Gasteiger partial charge in [-0.25, -0.2) is 0 Å². The SMILES string of the molecule is COc1ccc(-c2cn(C[C@H]3C[C@@H]4CCN3C[C@@H]4C(=O)NCc3cccnc3)nn2)cc1. The van der Waals surface area contributed by atoms with Crippen LogP contribution in [0.1, 0.15) is 18.4 Å². The summed E-state index contributed by atoms with van der Waals surface area (Å²) in [5, 5.41) is 11.8. The van der Waals surface area contributed by atoms with Gasteiger partial charge in [-0.05, 0) is 61.2 Å². The highest BCUT2D eigenvalue weighted by molar-refractivity contribution is 5.79. The van der Waals surface area contributed by atoms with Crippen LogP contribution in [0.25, 0.3) is 11.3 Å². The monoisotopic (exact) mass is 432 g/mol. The fourth-order valence-corrected chi connectivity index (χ4v) is 4.95. The Bertz CT molecular complexity index is 1050. The van der Waals surface area contributed by atoms with Crippen LogP contribution in [0, 0.1) is 11.8 Å². The predicted molar refractivity (Wildman–Crippen MR) is 120 cm³/mol. The molecule has 2 bridgehead atoms. The minimum atomic E-state index is 0.0577. The van der Waals surface area contributed by atoms with Crippen molar-refractivity contribution in [1.29, 1.82) is 0 Å². The van der Waals surface area contributed by atoms with Crippen molar-refractivity contribution in [3.63, 3.8) is 0 Å². The van der Waals surface area contributed by atoms with Gasteiger partial charge in [0, 0.05) is 37.1 Å². The lowest BCUT2D eigenvalue weighted by molar-refractivity contribution is -0.133. The first-order valence-electron chi connectivity index (χ1n) is 11.1. The van der Waals surface area contributed by atoms with Gasteiger partial charge >= 0.3 is 0 Å². The van der Waals surface area contributed by atoms with Crippen LogP contribution in [0.15, 0.2) is 55.0 Å². The molecule has 1 unspecified atom stereocenters. The Morgan fingerprint density at radius 1 is 1.25 bits per heavy atom. The standard InChI is InChI=1S/C24H28N6O2/c1-32-21-6-4-18(5-7-21)23-16-30(28-27-23)14-20-11-19-8-10-29(20)15-22(19)24(31)26-13-17-3-2-9-25-12-17/h2-7,9,12,16,19-20,22H,8,10-11,13-15H2,1H3,(H,26,31)/t19-,20+,22-/m0/s1. The second-order valence-corrected chi connectivity index (χ2v) is 8.67. The Balaban J connectivity index is 1.18. The third kappa shape index (κ3) is 4.36. The summed E-state index contributed by atoms with van der Waals surface area (Å²) in [6.45, 7) is 3.19. The average Bonchev–Trinajstić information content (AvgIpc) is 3.32. The number of fused-ring (bicyclic) bond motifs is 3. The highest BCUT2D eigenvalue weighted by atomic mass is 16.5. The summed E-state index contributed by atoms with van der Waals surface area (Å²) in [4.78, 5) is 19.4. The summed E-state index contributed by atoms with van der Waals surface area (Å²) in [5.74, 6) is 1.46. The third-order valence-electron chi connectivity index (χ3n) is 6.73. The summed E-state index contributed by atoms with van der Waals surface area (Å²) in [6.07, 6.45) is 7.64. The van der Waals surface area contributed by atoms with Crippen molar-refractivity contribution in [1.82, 2.24) is 30.2 Å². The molecule has 3 fully saturated rings. The van der Waals surface area contributed by atoms with Gasteiger partial charge in [-0.15, -0.1) is 5.10 Å². The number of methoxy groups -OCH3 is 1. The Kier molecular flexibility index (Phi) is 5.85. The lowest BCUT2D eigenvalue weighted by Crippen LogP contribution is -2.58. The van der Waals surface area contributed by atoms with E-state index in [2.05, 4.69) is 25.5 Å². The largest absolute Gasteiger partial charge is 0.497 e. The Morgan fingerprint density at radius 3 is 2.84 bits per heavy atom. The maximum Gasteiger partial charge on any atom is 0.224 e. The predicted octanol–water partition coefficient (Wildman–Crippen LogP) is 2.38. The van der Waals surface area contributed by atoms with Crippen LogP contribution in [0.4, 0.5) is 0 Å². The van der Waals surface area contributed by atoms with E-state index >= 15 is 0 Å². The smallest absolute Gasteiger partial charge is 0.224 e. The second kappa shape index (κ2) is 9.08. The fourth-order valence-electron chi connectivity index (χ4n) is 4.95. The zero-order chi connectivity index (χ0) is 21.9. The molecule has 0 saturated carbocycles. The van der Waals surface area contributed by atoms with Crippen LogP contribution < -0.4 is 10.1 Å². The summed E-state index contributed by atoms with van der Waals surface area (Å²) < 4.78 is 7.16. The first-order valence-corrected chi connectivity index (χ1v) is 11.1. The van der Waals surface area contributed by atoms with Crippen molar-refractivity contribution >= 4 is 5.91 Å². The number of hydrogen-bond donors (Lipinski definition) is 1. The number of piperidine rings is 3. The van der Waals surface area contributed by atoms with E-state index in [1.165, 1.54) is 0 Å². The van der Waals surface area contributed by atoms with Gasteiger partial charge in [0.05, 0.1) is 25.8 Å². The van der Waals surface area contributed by atoms with Crippen molar-refractivity contribution in [3.05, 3.63) is 60.6 Å². The van der Waals surface area contributed by atoms with E-state index < -0.39 is 0 Å². The topological polar surface area (TPSA) is 85.2 Å². The van der Waals surface area contributed by atoms with Crippen molar-refractivity contribution in [2.45, 2.75) is 32.0 Å². The molecule has 8 heteroatoms. The number of nitrogens with one attached hydrogen (secondary N) is 1. The van der Waals surface area contributed by atoms with Gasteiger partial charge in [-0.2, -0.15) is 0 Å². The van der Waals surface area contributed by atoms with Gasteiger partial charge in [0.15, 0.2) is 0 Å². The molecule has 8 nitrogen and oxygen atoms in total. The first kappa shape index (κ1) is 20.6. The molecule has 3 aliphatic heterocycles. The minimum Gasteiger partial charge on any atom is -0.497 e. The highest BCUT2D eigenvalue weighted by Crippen LogP contribution is 2.37. The van der Waals surface area contributed by atoms with Crippen molar-refractivity contribution in [2.75, 3.05) is 20.2 Å². The van der Waals surface area contributed by atoms with Crippen molar-refractivity contribution in [3.8, 4) is 17.0 Å². The van der Waals surface area contributed by atoms with Gasteiger partial charge in [-0.3, -0.25) is 19.4 Å². The molecule has 1 N–H and O–H groups in total. The van der Waals surface area contributed by atoms with E-state index in [-0.39, 0.29) is 11.8 Å². The van der Waals surface area contributed by atoms with Crippen LogP contribution in [-0.2, 0) is 17.9 Å². The molecule has 3 aromatic rings. The molecule has 0 radical (unpaired) electrons. The van der Waals surface area contributed by atoms with E-state index in [9.17, 15) is 4.79 Å². The highest BCUT2D eigenvalue weighted by Gasteiger charge is 2.43. The number of amides is 1. The molecule has 4 atom stereocenters. The number of nitrogens with zero attached hydrogens (tertiary/aromatic N) is 5. The van der Waals surface area contributed by atoms with Crippen molar-refractivity contribution in [2.24, 2.45) is 11.8 Å². The summed E-state index contributed by atoms with van der Waals surface area (Å²) in [5.41, 5.74) is 2.91. The van der Waals surface area contributed by atoms with Gasteiger partial charge in [0.25, 0.3) is 0 Å². The molecule has 0 aliphatic carbocycles. The second-order valence-electron chi connectivity index (χ2n) is 8.67. The van der Waals surface area contributed by atoms with Gasteiger partial charge < -0.3 is 10.1 Å². The minimum absolute atomic E-state index is 0.0577. The van der Waals surface area contributed by atoms with Crippen molar-refractivity contribution < 1.29 is 9.53 Å². The molecule has 1 amide bonds. The third-order valence-corrected chi connectivity index (χ3v) is 6.73. The molecule has 1 aromatic carbocycles. The Morgan fingerprint density at radius 2 is 2.12 bits per heavy atom. The van der Waals surface area contributed by atoms with Crippen LogP contribution in [0.2, 0.25) is 0 Å². The number of aromatic nitrogens is 4. The zero-order valence-electron chi connectivity index (χ0n) is 18.2. The number of carbonyl (C=O) groups is 1. The van der Waals surface area contributed by atoms with Crippen LogP contribution in [-0.4, -0.2) is 57.0 Å². The lowest BCUT2D eigenvalue weighted by atomic mass is 9.75. The van der Waals surface area contributed by atoms with E-state index in [1.807, 2.05) is 47.3 Å². The Labute approximate surface area is 187 Å². The average molecular weight is 433 g/mol. The number of hydrogen-bond acceptors (Lipinski definition) is 6. The summed E-state index contributed by atoms with van der Waals surface area (Å²) in [7, 11) is 1.66. The summed E-state index contributed by atoms with van der Waals surface area (Å²) in [6, 6.07) is 12.1. The molecule has 3 saturated heterocycles. The van der Waals surface area contributed by atoms with E-state index in [0.717, 1.165) is 55.0 Å². The molecule has 5 heterocycles. The quantitative estimate of drug-likeness (QED) is 0.617. The first-order chi connectivity index (χ1) is 15.7. The maximum atomic E-state index is 12.8. The van der Waals surface area contributed by atoms with Crippen LogP contribution in [0.5, 0.6) is 5.75 Å². The Hall–Kier alpha value is -3.26. The summed E-state index contributed by atoms with van der Waals surface area (Å²) >= 11 is 0. The van der Waals surface area contributed by atoms with Crippen LogP contribution in [0.3, 0.4) is 0 Å². The van der Waals surface area contributed by atoms with Gasteiger partial charge in [0.1, 0.15) is 11.4 Å². The maximum absolute atomic E-state index is 12.8. The molecule has 0 spiro atoms. The molecular formula is C24H28N6O2. The number of rotatable bonds is 7. The van der Waals surface area contributed by atoms with Crippen LogP contribution >= 0.6 is 0 Å². The molecule has 3 aliphatic rings. The molecule has 166 valence electrons. The zero-order valence-corrected chi connectivity index (χ0v) is 18.2. The van der Waals surface area contributed by atoms with E-state index in [1.54, 1.807) is 19.5 Å². The van der Waals surface area contributed by atoms with Gasteiger partial charge in [-0.1, -0.05) is 11.3 Å². The normalized spacial score (nSPS) is 24.3.